The summed E-state index contributed by atoms with van der Waals surface area (Å²) in [5.74, 6) is 0.969. The molecule has 4 nitrogen and oxygen atoms in total. The molecule has 0 spiro atoms. The third kappa shape index (κ3) is 5.56. The minimum absolute atomic E-state index is 0. The Morgan fingerprint density at radius 2 is 2.12 bits per heavy atom. The van der Waals surface area contributed by atoms with Crippen LogP contribution in [0.5, 0.6) is 5.75 Å². The van der Waals surface area contributed by atoms with Crippen LogP contribution in [0, 0.1) is 0 Å². The van der Waals surface area contributed by atoms with E-state index in [-0.39, 0.29) is 24.8 Å². The first-order valence-electron chi connectivity index (χ1n) is 8.32. The van der Waals surface area contributed by atoms with Gasteiger partial charge in [-0.3, -0.25) is 4.90 Å². The molecule has 1 aliphatic rings. The SMILES string of the molecule is CCCc1nc(CN2CCNCC2c2ccccc2OC)cs1.Cl.Cl. The minimum atomic E-state index is 0. The van der Waals surface area contributed by atoms with E-state index >= 15 is 0 Å². The molecule has 0 saturated carbocycles. The number of piperazine rings is 1. The topological polar surface area (TPSA) is 37.4 Å². The van der Waals surface area contributed by atoms with Gasteiger partial charge in [-0.2, -0.15) is 0 Å². The lowest BCUT2D eigenvalue weighted by Gasteiger charge is -2.36. The van der Waals surface area contributed by atoms with Gasteiger partial charge in [0.25, 0.3) is 0 Å². The Balaban J connectivity index is 0.00000156. The van der Waals surface area contributed by atoms with Gasteiger partial charge in [-0.1, -0.05) is 25.1 Å². The van der Waals surface area contributed by atoms with Gasteiger partial charge in [-0.15, -0.1) is 36.2 Å². The maximum absolute atomic E-state index is 5.57. The van der Waals surface area contributed by atoms with Gasteiger partial charge < -0.3 is 10.1 Å². The summed E-state index contributed by atoms with van der Waals surface area (Å²) in [7, 11) is 1.75. The van der Waals surface area contributed by atoms with E-state index in [2.05, 4.69) is 34.7 Å². The second kappa shape index (κ2) is 11.0. The monoisotopic (exact) mass is 403 g/mol. The summed E-state index contributed by atoms with van der Waals surface area (Å²) in [4.78, 5) is 7.30. The zero-order chi connectivity index (χ0) is 16.1. The van der Waals surface area contributed by atoms with Crippen LogP contribution in [0.25, 0.3) is 0 Å². The number of thiazole rings is 1. The highest BCUT2D eigenvalue weighted by Crippen LogP contribution is 2.31. The first-order chi connectivity index (χ1) is 11.3. The average molecular weight is 404 g/mol. The van der Waals surface area contributed by atoms with Crippen molar-refractivity contribution in [3.05, 3.63) is 45.9 Å². The molecule has 25 heavy (non-hydrogen) atoms. The first-order valence-corrected chi connectivity index (χ1v) is 9.20. The summed E-state index contributed by atoms with van der Waals surface area (Å²) in [6.45, 7) is 6.12. The molecule has 1 aromatic carbocycles. The number of hydrogen-bond donors (Lipinski definition) is 1. The number of hydrogen-bond acceptors (Lipinski definition) is 5. The molecule has 0 amide bonds. The van der Waals surface area contributed by atoms with Crippen LogP contribution in [-0.4, -0.2) is 36.6 Å². The maximum atomic E-state index is 5.57. The smallest absolute Gasteiger partial charge is 0.123 e. The molecule has 2 aromatic rings. The van der Waals surface area contributed by atoms with Crippen LogP contribution >= 0.6 is 36.2 Å². The molecular formula is C18H27Cl2N3OS. The third-order valence-electron chi connectivity index (χ3n) is 4.28. The van der Waals surface area contributed by atoms with Crippen molar-refractivity contribution < 1.29 is 4.74 Å². The number of benzene rings is 1. The fraction of sp³-hybridized carbons (Fsp3) is 0.500. The first kappa shape index (κ1) is 22.2. The van der Waals surface area contributed by atoms with E-state index in [1.807, 2.05) is 12.1 Å². The highest BCUT2D eigenvalue weighted by Gasteiger charge is 2.26. The summed E-state index contributed by atoms with van der Waals surface area (Å²) >= 11 is 1.79. The Hall–Kier alpha value is -0.850. The van der Waals surface area contributed by atoms with Crippen LogP contribution in [0.15, 0.2) is 29.6 Å². The number of halogens is 2. The quantitative estimate of drug-likeness (QED) is 0.787. The normalized spacial score (nSPS) is 17.4. The van der Waals surface area contributed by atoms with Crippen molar-refractivity contribution in [3.63, 3.8) is 0 Å². The van der Waals surface area contributed by atoms with Crippen molar-refractivity contribution in [1.82, 2.24) is 15.2 Å². The predicted molar refractivity (Wildman–Crippen MR) is 110 cm³/mol. The number of para-hydroxylation sites is 1. The summed E-state index contributed by atoms with van der Waals surface area (Å²) in [6, 6.07) is 8.67. The summed E-state index contributed by atoms with van der Waals surface area (Å²) < 4.78 is 5.57. The number of aromatic nitrogens is 1. The van der Waals surface area contributed by atoms with Gasteiger partial charge in [0.15, 0.2) is 0 Å². The van der Waals surface area contributed by atoms with E-state index in [1.165, 1.54) is 16.3 Å². The maximum Gasteiger partial charge on any atom is 0.123 e. The largest absolute Gasteiger partial charge is 0.496 e. The van der Waals surface area contributed by atoms with Gasteiger partial charge in [-0.25, -0.2) is 4.98 Å². The van der Waals surface area contributed by atoms with Crippen LogP contribution in [-0.2, 0) is 13.0 Å². The third-order valence-corrected chi connectivity index (χ3v) is 5.24. The van der Waals surface area contributed by atoms with Gasteiger partial charge >= 0.3 is 0 Å². The minimum Gasteiger partial charge on any atom is -0.496 e. The zero-order valence-electron chi connectivity index (χ0n) is 14.7. The molecule has 3 rings (SSSR count). The number of nitrogens with zero attached hydrogens (tertiary/aromatic N) is 2. The molecular weight excluding hydrogens is 377 g/mol. The Morgan fingerprint density at radius 1 is 1.32 bits per heavy atom. The average Bonchev–Trinajstić information content (AvgIpc) is 3.03. The van der Waals surface area contributed by atoms with Crippen LogP contribution in [0.2, 0.25) is 0 Å². The van der Waals surface area contributed by atoms with E-state index in [0.29, 0.717) is 6.04 Å². The van der Waals surface area contributed by atoms with Crippen molar-refractivity contribution in [2.45, 2.75) is 32.4 Å². The van der Waals surface area contributed by atoms with Gasteiger partial charge in [0.2, 0.25) is 0 Å². The Labute approximate surface area is 166 Å². The molecule has 7 heteroatoms. The van der Waals surface area contributed by atoms with Gasteiger partial charge in [0, 0.05) is 37.1 Å². The summed E-state index contributed by atoms with van der Waals surface area (Å²) in [5.41, 5.74) is 2.45. The molecule has 0 aliphatic carbocycles. The Kier molecular flexibility index (Phi) is 9.75. The lowest BCUT2D eigenvalue weighted by molar-refractivity contribution is 0.149. The molecule has 1 N–H and O–H groups in total. The van der Waals surface area contributed by atoms with Crippen molar-refractivity contribution in [2.75, 3.05) is 26.7 Å². The van der Waals surface area contributed by atoms with Crippen LogP contribution in [0.4, 0.5) is 0 Å². The number of aryl methyl sites for hydroxylation is 1. The van der Waals surface area contributed by atoms with Crippen molar-refractivity contribution in [3.8, 4) is 5.75 Å². The van der Waals surface area contributed by atoms with E-state index < -0.39 is 0 Å². The van der Waals surface area contributed by atoms with E-state index in [4.69, 9.17) is 9.72 Å². The zero-order valence-corrected chi connectivity index (χ0v) is 17.2. The molecule has 2 heterocycles. The second-order valence-corrected chi connectivity index (χ2v) is 6.86. The van der Waals surface area contributed by atoms with Crippen LogP contribution in [0.3, 0.4) is 0 Å². The van der Waals surface area contributed by atoms with E-state index in [1.54, 1.807) is 18.4 Å². The van der Waals surface area contributed by atoms with Gasteiger partial charge in [0.05, 0.1) is 23.9 Å². The fourth-order valence-electron chi connectivity index (χ4n) is 3.14. The number of nitrogens with one attached hydrogen (secondary N) is 1. The van der Waals surface area contributed by atoms with Crippen LogP contribution in [0.1, 0.15) is 35.7 Å². The molecule has 1 saturated heterocycles. The Bertz CT molecular complexity index is 638. The lowest BCUT2D eigenvalue weighted by Crippen LogP contribution is -2.45. The molecule has 0 radical (unpaired) electrons. The molecule has 1 atom stereocenters. The number of methoxy groups -OCH3 is 1. The van der Waals surface area contributed by atoms with Crippen molar-refractivity contribution in [1.29, 1.82) is 0 Å². The lowest BCUT2D eigenvalue weighted by atomic mass is 10.0. The Morgan fingerprint density at radius 3 is 2.88 bits per heavy atom. The number of rotatable bonds is 6. The highest BCUT2D eigenvalue weighted by atomic mass is 35.5. The molecule has 0 bridgehead atoms. The van der Waals surface area contributed by atoms with Crippen molar-refractivity contribution >= 4 is 36.2 Å². The van der Waals surface area contributed by atoms with Crippen LogP contribution < -0.4 is 10.1 Å². The highest BCUT2D eigenvalue weighted by molar-refractivity contribution is 7.09. The molecule has 1 aliphatic heterocycles. The van der Waals surface area contributed by atoms with E-state index in [9.17, 15) is 0 Å². The summed E-state index contributed by atoms with van der Waals surface area (Å²) in [6.07, 6.45) is 2.24. The van der Waals surface area contributed by atoms with Gasteiger partial charge in [-0.05, 0) is 18.9 Å². The molecule has 1 aromatic heterocycles. The predicted octanol–water partition coefficient (Wildman–Crippen LogP) is 4.09. The van der Waals surface area contributed by atoms with Gasteiger partial charge in [0.1, 0.15) is 5.75 Å². The molecule has 140 valence electrons. The summed E-state index contributed by atoms with van der Waals surface area (Å²) in [5, 5.41) is 6.98. The molecule has 1 unspecified atom stereocenters. The van der Waals surface area contributed by atoms with E-state index in [0.717, 1.165) is 44.8 Å². The second-order valence-electron chi connectivity index (χ2n) is 5.91. The van der Waals surface area contributed by atoms with Crippen molar-refractivity contribution in [2.24, 2.45) is 0 Å². The molecule has 1 fully saturated rings. The number of ether oxygens (including phenoxy) is 1. The fourth-order valence-corrected chi connectivity index (χ4v) is 4.03. The standard InChI is InChI=1S/C18H25N3OS.2ClH/c1-3-6-18-20-14(13-23-18)12-21-10-9-19-11-16(21)15-7-4-5-8-17(15)22-2;;/h4-5,7-8,13,16,19H,3,6,9-12H2,1-2H3;2*1H.